The second-order valence-electron chi connectivity index (χ2n) is 4.85. The topological polar surface area (TPSA) is 17.8 Å². The summed E-state index contributed by atoms with van der Waals surface area (Å²) in [5, 5.41) is 2.39. The average Bonchev–Trinajstić information content (AvgIpc) is 2.81. The zero-order valence-corrected chi connectivity index (χ0v) is 14.1. The third-order valence-electron chi connectivity index (χ3n) is 3.54. The summed E-state index contributed by atoms with van der Waals surface area (Å²) in [6.45, 7) is 0. The number of nitrogens with zero attached hydrogens (tertiary/aromatic N) is 2. The molecule has 2 heterocycles. The number of benzene rings is 2. The van der Waals surface area contributed by atoms with Crippen LogP contribution in [0.5, 0.6) is 0 Å². The molecule has 2 aromatic heterocycles. The van der Waals surface area contributed by atoms with Crippen molar-refractivity contribution in [3.8, 4) is 5.69 Å². The van der Waals surface area contributed by atoms with E-state index in [1.165, 1.54) is 10.8 Å². The zero-order valence-electron chi connectivity index (χ0n) is 10.9. The molecule has 0 aliphatic rings. The molecule has 0 atom stereocenters. The van der Waals surface area contributed by atoms with Crippen LogP contribution in [0.4, 0.5) is 0 Å². The summed E-state index contributed by atoms with van der Waals surface area (Å²) in [7, 11) is 0. The van der Waals surface area contributed by atoms with E-state index in [1.54, 1.807) is 0 Å². The van der Waals surface area contributed by atoms with Gasteiger partial charge in [-0.25, -0.2) is 4.98 Å². The van der Waals surface area contributed by atoms with Gasteiger partial charge in [-0.1, -0.05) is 50.1 Å². The van der Waals surface area contributed by atoms with Crippen LogP contribution in [0.1, 0.15) is 0 Å². The fraction of sp³-hybridized carbons (Fsp3) is 0. The van der Waals surface area contributed by atoms with Gasteiger partial charge in [0.25, 0.3) is 0 Å². The van der Waals surface area contributed by atoms with E-state index >= 15 is 0 Å². The van der Waals surface area contributed by atoms with E-state index in [0.29, 0.717) is 0 Å². The van der Waals surface area contributed by atoms with Crippen molar-refractivity contribution >= 4 is 53.8 Å². The lowest BCUT2D eigenvalue weighted by molar-refractivity contribution is 1.13. The first kappa shape index (κ1) is 13.0. The minimum Gasteiger partial charge on any atom is -0.294 e. The number of hydrogen-bond donors (Lipinski definition) is 0. The Morgan fingerprint density at radius 3 is 2.33 bits per heavy atom. The van der Waals surface area contributed by atoms with Crippen molar-refractivity contribution in [2.24, 2.45) is 0 Å². The van der Waals surface area contributed by atoms with Gasteiger partial charge in [-0.05, 0) is 36.4 Å². The highest BCUT2D eigenvalue weighted by Crippen LogP contribution is 2.32. The van der Waals surface area contributed by atoms with Crippen molar-refractivity contribution < 1.29 is 0 Å². The molecule has 102 valence electrons. The van der Waals surface area contributed by atoms with Crippen LogP contribution in [-0.4, -0.2) is 9.55 Å². The summed E-state index contributed by atoms with van der Waals surface area (Å²) in [5.41, 5.74) is 3.22. The van der Waals surface area contributed by atoms with E-state index < -0.39 is 0 Å². The molecule has 0 aliphatic carbocycles. The lowest BCUT2D eigenvalue weighted by Crippen LogP contribution is -1.95. The van der Waals surface area contributed by atoms with Crippen LogP contribution in [0.15, 0.2) is 69.7 Å². The van der Waals surface area contributed by atoms with Crippen molar-refractivity contribution in [2.45, 2.75) is 0 Å². The molecule has 0 fully saturated rings. The van der Waals surface area contributed by atoms with Crippen molar-refractivity contribution in [3.05, 3.63) is 69.7 Å². The maximum absolute atomic E-state index is 4.59. The largest absolute Gasteiger partial charge is 0.294 e. The van der Waals surface area contributed by atoms with Crippen molar-refractivity contribution in [1.29, 1.82) is 0 Å². The maximum atomic E-state index is 4.59. The molecule has 0 saturated heterocycles. The van der Waals surface area contributed by atoms with Gasteiger partial charge < -0.3 is 0 Å². The van der Waals surface area contributed by atoms with E-state index in [2.05, 4.69) is 83.9 Å². The van der Waals surface area contributed by atoms with Gasteiger partial charge in [0.1, 0.15) is 5.65 Å². The first-order valence-electron chi connectivity index (χ1n) is 6.55. The third-order valence-corrected chi connectivity index (χ3v) is 4.45. The van der Waals surface area contributed by atoms with E-state index in [-0.39, 0.29) is 0 Å². The number of rotatable bonds is 1. The van der Waals surface area contributed by atoms with E-state index in [1.807, 2.05) is 18.3 Å². The monoisotopic (exact) mass is 400 g/mol. The van der Waals surface area contributed by atoms with Gasteiger partial charge in [-0.3, -0.25) is 4.57 Å². The van der Waals surface area contributed by atoms with Gasteiger partial charge in [-0.15, -0.1) is 0 Å². The van der Waals surface area contributed by atoms with Gasteiger partial charge in [0.2, 0.25) is 0 Å². The molecule has 4 heteroatoms. The van der Waals surface area contributed by atoms with Gasteiger partial charge in [-0.2, -0.15) is 0 Å². The first-order chi connectivity index (χ1) is 10.2. The Labute approximate surface area is 138 Å². The van der Waals surface area contributed by atoms with Crippen LogP contribution in [0.25, 0.3) is 27.6 Å². The summed E-state index contributed by atoms with van der Waals surface area (Å²) in [5.74, 6) is 0. The van der Waals surface area contributed by atoms with Gasteiger partial charge >= 0.3 is 0 Å². The smallest absolute Gasteiger partial charge is 0.145 e. The van der Waals surface area contributed by atoms with Gasteiger partial charge in [0.15, 0.2) is 0 Å². The molecule has 0 unspecified atom stereocenters. The Morgan fingerprint density at radius 1 is 0.810 bits per heavy atom. The van der Waals surface area contributed by atoms with Crippen molar-refractivity contribution in [2.75, 3.05) is 0 Å². The Balaban J connectivity index is 2.20. The number of hydrogen-bond acceptors (Lipinski definition) is 1. The number of halogens is 2. The Morgan fingerprint density at radius 2 is 1.52 bits per heavy atom. The van der Waals surface area contributed by atoms with Crippen LogP contribution in [0, 0.1) is 0 Å². The molecule has 0 amide bonds. The van der Waals surface area contributed by atoms with Crippen LogP contribution in [-0.2, 0) is 0 Å². The number of pyridine rings is 1. The second-order valence-corrected chi connectivity index (χ2v) is 6.69. The van der Waals surface area contributed by atoms with Crippen molar-refractivity contribution in [1.82, 2.24) is 9.55 Å². The van der Waals surface area contributed by atoms with Crippen LogP contribution >= 0.6 is 31.9 Å². The molecule has 0 aliphatic heterocycles. The summed E-state index contributed by atoms with van der Waals surface area (Å²) in [6.07, 6.45) is 1.84. The normalized spacial score (nSPS) is 11.3. The van der Waals surface area contributed by atoms with E-state index in [0.717, 1.165) is 25.8 Å². The third kappa shape index (κ3) is 2.10. The fourth-order valence-electron chi connectivity index (χ4n) is 2.73. The fourth-order valence-corrected chi connectivity index (χ4v) is 4.00. The van der Waals surface area contributed by atoms with Crippen LogP contribution in [0.3, 0.4) is 0 Å². The predicted octanol–water partition coefficient (Wildman–Crippen LogP) is 5.70. The summed E-state index contributed by atoms with van der Waals surface area (Å²) < 4.78 is 4.27. The van der Waals surface area contributed by atoms with Crippen LogP contribution < -0.4 is 0 Å². The maximum Gasteiger partial charge on any atom is 0.145 e. The first-order valence-corrected chi connectivity index (χ1v) is 8.13. The molecule has 2 nitrogen and oxygen atoms in total. The Bertz CT molecular complexity index is 900. The van der Waals surface area contributed by atoms with E-state index in [9.17, 15) is 0 Å². The summed E-state index contributed by atoms with van der Waals surface area (Å²) >= 11 is 7.13. The molecule has 0 saturated carbocycles. The number of para-hydroxylation sites is 1. The Hall–Kier alpha value is -1.65. The summed E-state index contributed by atoms with van der Waals surface area (Å²) in [6, 6.07) is 18.7. The highest BCUT2D eigenvalue weighted by molar-refractivity contribution is 9.11. The summed E-state index contributed by atoms with van der Waals surface area (Å²) in [4.78, 5) is 4.59. The molecule has 2 aromatic carbocycles. The SMILES string of the molecule is Brc1cc(Br)cc(-n2c3ccccc3c3cccnc32)c1. The molecule has 0 N–H and O–H groups in total. The van der Waals surface area contributed by atoms with Gasteiger partial charge in [0, 0.05) is 31.6 Å². The zero-order chi connectivity index (χ0) is 14.4. The lowest BCUT2D eigenvalue weighted by atomic mass is 10.2. The molecular weight excluding hydrogens is 392 g/mol. The molecule has 4 aromatic rings. The molecule has 0 radical (unpaired) electrons. The highest BCUT2D eigenvalue weighted by atomic mass is 79.9. The average molecular weight is 402 g/mol. The molecule has 4 rings (SSSR count). The Kier molecular flexibility index (Phi) is 3.08. The minimum absolute atomic E-state index is 0.976. The quantitative estimate of drug-likeness (QED) is 0.399. The van der Waals surface area contributed by atoms with Crippen molar-refractivity contribution in [3.63, 3.8) is 0 Å². The highest BCUT2D eigenvalue weighted by Gasteiger charge is 2.12. The molecular formula is C17H10Br2N2. The standard InChI is InChI=1S/C17H10Br2N2/c18-11-8-12(19)10-13(9-11)21-16-6-2-1-4-14(16)15-5-3-7-20-17(15)21/h1-10H. The van der Waals surface area contributed by atoms with Gasteiger partial charge in [0.05, 0.1) is 5.52 Å². The number of fused-ring (bicyclic) bond motifs is 3. The minimum atomic E-state index is 0.976. The molecule has 21 heavy (non-hydrogen) atoms. The van der Waals surface area contributed by atoms with Crippen LogP contribution in [0.2, 0.25) is 0 Å². The lowest BCUT2D eigenvalue weighted by Gasteiger charge is -2.08. The molecule has 0 spiro atoms. The number of aromatic nitrogens is 2. The second kappa shape index (κ2) is 4.97. The van der Waals surface area contributed by atoms with E-state index in [4.69, 9.17) is 0 Å². The molecule has 0 bridgehead atoms. The predicted molar refractivity (Wildman–Crippen MR) is 94.0 cm³/mol.